The Hall–Kier alpha value is -1.06. The topological polar surface area (TPSA) is 32.3 Å². The number of rotatable bonds is 5. The predicted molar refractivity (Wildman–Crippen MR) is 79.5 cm³/mol. The van der Waals surface area contributed by atoms with E-state index in [1.165, 1.54) is 5.56 Å². The summed E-state index contributed by atoms with van der Waals surface area (Å²) in [5, 5.41) is 3.04. The van der Waals surface area contributed by atoms with Crippen LogP contribution in [0.15, 0.2) is 24.3 Å². The maximum Gasteiger partial charge on any atom is 0.231 e. The minimum atomic E-state index is 0. The van der Waals surface area contributed by atoms with Crippen molar-refractivity contribution in [3.05, 3.63) is 29.8 Å². The Labute approximate surface area is 116 Å². The molecule has 1 rings (SSSR count). The van der Waals surface area contributed by atoms with E-state index in [1.54, 1.807) is 0 Å². The minimum Gasteiger partial charge on any atom is -0.319 e. The molecule has 0 spiro atoms. The van der Waals surface area contributed by atoms with Crippen LogP contribution in [0.5, 0.6) is 0 Å². The lowest BCUT2D eigenvalue weighted by Gasteiger charge is -2.24. The smallest absolute Gasteiger partial charge is 0.231 e. The first-order valence-corrected chi connectivity index (χ1v) is 6.12. The van der Waals surface area contributed by atoms with Crippen LogP contribution in [0.4, 0.5) is 5.69 Å². The van der Waals surface area contributed by atoms with E-state index in [2.05, 4.69) is 5.32 Å². The van der Waals surface area contributed by atoms with Crippen molar-refractivity contribution in [3.63, 3.8) is 0 Å². The Kier molecular flexibility index (Phi) is 7.64. The molecule has 0 saturated heterocycles. The van der Waals surface area contributed by atoms with E-state index < -0.39 is 0 Å². The monoisotopic (exact) mass is 270 g/mol. The number of aryl methyl sites for hydroxylation is 1. The van der Waals surface area contributed by atoms with Crippen LogP contribution < -0.4 is 10.2 Å². The maximum atomic E-state index is 12.2. The van der Waals surface area contributed by atoms with Gasteiger partial charge in [-0.15, -0.1) is 12.4 Å². The number of carbonyl (C=O) groups excluding carboxylic acids is 1. The van der Waals surface area contributed by atoms with Crippen LogP contribution in [0.1, 0.15) is 19.4 Å². The van der Waals surface area contributed by atoms with Gasteiger partial charge < -0.3 is 10.2 Å². The Bertz CT molecular complexity index is 365. The molecule has 0 aliphatic carbocycles. The molecule has 0 fully saturated rings. The summed E-state index contributed by atoms with van der Waals surface area (Å²) in [5.41, 5.74) is 2.19. The molecule has 0 saturated carbocycles. The third kappa shape index (κ3) is 4.31. The standard InChI is InChI=1S/C14H22N2O.ClH/c1-5-16(14(17)12(3)10-15-4)13-8-6-11(2)7-9-13;/h6-9,12,15H,5,10H2,1-4H3;1H. The first-order chi connectivity index (χ1) is 8.10. The Morgan fingerprint density at radius 2 is 1.89 bits per heavy atom. The number of hydrogen-bond acceptors (Lipinski definition) is 2. The zero-order valence-corrected chi connectivity index (χ0v) is 12.4. The summed E-state index contributed by atoms with van der Waals surface area (Å²) in [7, 11) is 1.87. The molecular formula is C14H23ClN2O. The van der Waals surface area contributed by atoms with Gasteiger partial charge >= 0.3 is 0 Å². The van der Waals surface area contributed by atoms with E-state index >= 15 is 0 Å². The lowest BCUT2D eigenvalue weighted by molar-refractivity contribution is -0.121. The van der Waals surface area contributed by atoms with Crippen molar-refractivity contribution in [1.29, 1.82) is 0 Å². The van der Waals surface area contributed by atoms with Crippen molar-refractivity contribution in [2.45, 2.75) is 20.8 Å². The molecule has 1 unspecified atom stereocenters. The van der Waals surface area contributed by atoms with Crippen molar-refractivity contribution >= 4 is 24.0 Å². The van der Waals surface area contributed by atoms with Crippen molar-refractivity contribution in [2.75, 3.05) is 25.0 Å². The summed E-state index contributed by atoms with van der Waals surface area (Å²) >= 11 is 0. The third-order valence-electron chi connectivity index (χ3n) is 2.86. The predicted octanol–water partition coefficient (Wildman–Crippen LogP) is 2.63. The number of benzene rings is 1. The Balaban J connectivity index is 0.00000289. The molecule has 0 aromatic heterocycles. The van der Waals surface area contributed by atoms with Crippen LogP contribution in [0.2, 0.25) is 0 Å². The summed E-state index contributed by atoms with van der Waals surface area (Å²) in [6.07, 6.45) is 0. The molecule has 1 atom stereocenters. The zero-order chi connectivity index (χ0) is 12.8. The lowest BCUT2D eigenvalue weighted by Crippen LogP contribution is -2.38. The molecule has 1 aromatic carbocycles. The Morgan fingerprint density at radius 1 is 1.33 bits per heavy atom. The highest BCUT2D eigenvalue weighted by atomic mass is 35.5. The van der Waals surface area contributed by atoms with Gasteiger partial charge in [0.15, 0.2) is 0 Å². The molecule has 102 valence electrons. The molecule has 0 aliphatic heterocycles. The minimum absolute atomic E-state index is 0. The highest BCUT2D eigenvalue weighted by molar-refractivity contribution is 5.94. The molecule has 0 aliphatic rings. The summed E-state index contributed by atoms with van der Waals surface area (Å²) in [5.74, 6) is 0.173. The second-order valence-corrected chi connectivity index (χ2v) is 4.38. The third-order valence-corrected chi connectivity index (χ3v) is 2.86. The van der Waals surface area contributed by atoms with E-state index in [1.807, 2.05) is 57.0 Å². The van der Waals surface area contributed by atoms with Gasteiger partial charge in [0, 0.05) is 24.7 Å². The second-order valence-electron chi connectivity index (χ2n) is 4.38. The molecule has 4 heteroatoms. The lowest BCUT2D eigenvalue weighted by atomic mass is 10.1. The van der Waals surface area contributed by atoms with Crippen LogP contribution in [0.3, 0.4) is 0 Å². The fourth-order valence-electron chi connectivity index (χ4n) is 1.85. The number of halogens is 1. The summed E-state index contributed by atoms with van der Waals surface area (Å²) < 4.78 is 0. The molecule has 18 heavy (non-hydrogen) atoms. The average Bonchev–Trinajstić information content (AvgIpc) is 2.32. The van der Waals surface area contributed by atoms with Gasteiger partial charge in [-0.3, -0.25) is 4.79 Å². The first-order valence-electron chi connectivity index (χ1n) is 6.12. The normalized spacial score (nSPS) is 11.6. The van der Waals surface area contributed by atoms with Crippen LogP contribution in [0, 0.1) is 12.8 Å². The fourth-order valence-corrected chi connectivity index (χ4v) is 1.85. The van der Waals surface area contributed by atoms with E-state index in [4.69, 9.17) is 0 Å². The SMILES string of the molecule is CCN(C(=O)C(C)CNC)c1ccc(C)cc1.Cl. The van der Waals surface area contributed by atoms with Crippen molar-refractivity contribution < 1.29 is 4.79 Å². The number of nitrogens with one attached hydrogen (secondary N) is 1. The van der Waals surface area contributed by atoms with Crippen molar-refractivity contribution in [1.82, 2.24) is 5.32 Å². The summed E-state index contributed by atoms with van der Waals surface area (Å²) in [6.45, 7) is 7.42. The van der Waals surface area contributed by atoms with Gasteiger partial charge in [-0.1, -0.05) is 24.6 Å². The van der Waals surface area contributed by atoms with Crippen LogP contribution in [0.25, 0.3) is 0 Å². The number of carbonyl (C=O) groups is 1. The fraction of sp³-hybridized carbons (Fsp3) is 0.500. The second kappa shape index (κ2) is 8.11. The molecule has 3 nitrogen and oxygen atoms in total. The van der Waals surface area contributed by atoms with Gasteiger partial charge in [0.25, 0.3) is 0 Å². The highest BCUT2D eigenvalue weighted by Gasteiger charge is 2.19. The van der Waals surface area contributed by atoms with Gasteiger partial charge in [0.05, 0.1) is 0 Å². The van der Waals surface area contributed by atoms with E-state index in [0.717, 1.165) is 5.69 Å². The maximum absolute atomic E-state index is 12.2. The van der Waals surface area contributed by atoms with Crippen molar-refractivity contribution in [2.24, 2.45) is 5.92 Å². The van der Waals surface area contributed by atoms with Gasteiger partial charge in [0.2, 0.25) is 5.91 Å². The molecule has 1 amide bonds. The quantitative estimate of drug-likeness (QED) is 0.892. The Morgan fingerprint density at radius 3 is 2.33 bits per heavy atom. The average molecular weight is 271 g/mol. The first kappa shape index (κ1) is 16.9. The van der Waals surface area contributed by atoms with Gasteiger partial charge in [-0.2, -0.15) is 0 Å². The number of nitrogens with zero attached hydrogens (tertiary/aromatic N) is 1. The van der Waals surface area contributed by atoms with Crippen LogP contribution >= 0.6 is 12.4 Å². The van der Waals surface area contributed by atoms with E-state index in [-0.39, 0.29) is 24.2 Å². The summed E-state index contributed by atoms with van der Waals surface area (Å²) in [4.78, 5) is 14.1. The molecule has 1 aromatic rings. The van der Waals surface area contributed by atoms with E-state index in [9.17, 15) is 4.79 Å². The van der Waals surface area contributed by atoms with Gasteiger partial charge in [0.1, 0.15) is 0 Å². The molecule has 1 N–H and O–H groups in total. The van der Waals surface area contributed by atoms with Crippen LogP contribution in [-0.2, 0) is 4.79 Å². The largest absolute Gasteiger partial charge is 0.319 e. The number of anilines is 1. The molecule has 0 radical (unpaired) electrons. The highest BCUT2D eigenvalue weighted by Crippen LogP contribution is 2.17. The molecule has 0 bridgehead atoms. The molecular weight excluding hydrogens is 248 g/mol. The van der Waals surface area contributed by atoms with Gasteiger partial charge in [-0.05, 0) is 33.0 Å². The zero-order valence-electron chi connectivity index (χ0n) is 11.6. The number of amides is 1. The molecule has 0 heterocycles. The number of hydrogen-bond donors (Lipinski definition) is 1. The summed E-state index contributed by atoms with van der Waals surface area (Å²) in [6, 6.07) is 8.08. The van der Waals surface area contributed by atoms with Gasteiger partial charge in [-0.25, -0.2) is 0 Å². The van der Waals surface area contributed by atoms with Crippen LogP contribution in [-0.4, -0.2) is 26.0 Å². The van der Waals surface area contributed by atoms with Crippen molar-refractivity contribution in [3.8, 4) is 0 Å². The van der Waals surface area contributed by atoms with E-state index in [0.29, 0.717) is 13.1 Å².